The van der Waals surface area contributed by atoms with Gasteiger partial charge in [0.15, 0.2) is 0 Å². The smallest absolute Gasteiger partial charge is 0.217 e. The summed E-state index contributed by atoms with van der Waals surface area (Å²) in [4.78, 5) is 34.9. The van der Waals surface area contributed by atoms with Crippen LogP contribution in [0.5, 0.6) is 11.5 Å². The maximum atomic E-state index is 12.6. The molecule has 0 aliphatic heterocycles. The average Bonchev–Trinajstić information content (AvgIpc) is 3.28. The molecule has 5 N–H and O–H groups in total. The zero-order valence-corrected chi connectivity index (χ0v) is 26.9. The van der Waals surface area contributed by atoms with Crippen LogP contribution in [0.4, 0.5) is 0 Å². The Bertz CT molecular complexity index is 1160. The molecule has 0 spiro atoms. The van der Waals surface area contributed by atoms with E-state index >= 15 is 0 Å². The number of carbonyl (C=O) groups is 3. The standard InChI is InChI=1S/C36H54N2O6/c1-35-14-12-26(39)21-25(35)20-24(34-29-10-11-31(40)36(29,2)15-13-30(34)35)7-3-6-23-18-27(43-16-4-8-32(37)41)22-28(19-23)44-17-5-9-33(38)42/h18-19,22,24-25,29-31,34,40H,3-17,20-21H2,1-2H3,(H2,37,41)(H2,38,42)/t24?,25?,29-,30+,31?,34-,35-,36-/m0/s1. The lowest BCUT2D eigenvalue weighted by molar-refractivity contribution is -0.156. The Morgan fingerprint density at radius 3 is 2.16 bits per heavy atom. The molecule has 0 bridgehead atoms. The quantitative estimate of drug-likeness (QED) is 0.238. The highest BCUT2D eigenvalue weighted by Gasteiger charge is 2.62. The molecule has 5 rings (SSSR count). The van der Waals surface area contributed by atoms with Gasteiger partial charge in [0.05, 0.1) is 19.3 Å². The molecule has 2 amide bonds. The van der Waals surface area contributed by atoms with Gasteiger partial charge in [-0.2, -0.15) is 0 Å². The number of aliphatic hydroxyl groups is 1. The number of amides is 2. The molecular formula is C36H54N2O6. The number of rotatable bonds is 14. The fraction of sp³-hybridized carbons (Fsp3) is 0.750. The molecule has 3 unspecified atom stereocenters. The molecule has 0 aromatic heterocycles. The number of Topliss-reactive ketones (excluding diaryl/α,β-unsaturated/α-hetero) is 1. The first-order valence-electron chi connectivity index (χ1n) is 17.2. The summed E-state index contributed by atoms with van der Waals surface area (Å²) in [6.45, 7) is 5.63. The number of fused-ring (bicyclic) bond motifs is 5. The highest BCUT2D eigenvalue weighted by molar-refractivity contribution is 5.79. The summed E-state index contributed by atoms with van der Waals surface area (Å²) in [6, 6.07) is 5.98. The highest BCUT2D eigenvalue weighted by Crippen LogP contribution is 2.67. The number of ketones is 1. The summed E-state index contributed by atoms with van der Waals surface area (Å²) in [5.74, 6) is 4.03. The van der Waals surface area contributed by atoms with Crippen molar-refractivity contribution in [2.45, 2.75) is 116 Å². The molecule has 0 saturated heterocycles. The molecular weight excluding hydrogens is 556 g/mol. The van der Waals surface area contributed by atoms with Gasteiger partial charge in [-0.1, -0.05) is 13.8 Å². The van der Waals surface area contributed by atoms with E-state index in [1.807, 2.05) is 6.07 Å². The van der Waals surface area contributed by atoms with Crippen molar-refractivity contribution >= 4 is 17.6 Å². The Hall–Kier alpha value is -2.61. The van der Waals surface area contributed by atoms with Crippen LogP contribution in [0.3, 0.4) is 0 Å². The van der Waals surface area contributed by atoms with Crippen molar-refractivity contribution in [3.8, 4) is 11.5 Å². The molecule has 4 aliphatic carbocycles. The second-order valence-corrected chi connectivity index (χ2v) is 14.9. The first-order chi connectivity index (χ1) is 21.0. The molecule has 8 nitrogen and oxygen atoms in total. The summed E-state index contributed by atoms with van der Waals surface area (Å²) >= 11 is 0. The minimum Gasteiger partial charge on any atom is -0.493 e. The maximum Gasteiger partial charge on any atom is 0.217 e. The summed E-state index contributed by atoms with van der Waals surface area (Å²) in [5, 5.41) is 11.1. The van der Waals surface area contributed by atoms with Crippen molar-refractivity contribution in [1.82, 2.24) is 0 Å². The predicted octanol–water partition coefficient (Wildman–Crippen LogP) is 5.50. The summed E-state index contributed by atoms with van der Waals surface area (Å²) < 4.78 is 12.0. The molecule has 4 fully saturated rings. The SMILES string of the molecule is C[C@]12CCC(=O)CC1CC(CCCc1cc(OCCCC(N)=O)cc(OCCCC(N)=O)c1)[C@@H]1[C@H]2CC[C@]2(C)C(O)CC[C@@H]12. The monoisotopic (exact) mass is 610 g/mol. The molecule has 1 aromatic rings. The molecule has 0 radical (unpaired) electrons. The number of primary amides is 2. The predicted molar refractivity (Wildman–Crippen MR) is 169 cm³/mol. The Morgan fingerprint density at radius 2 is 1.52 bits per heavy atom. The number of ether oxygens (including phenoxy) is 2. The third kappa shape index (κ3) is 7.11. The third-order valence-electron chi connectivity index (χ3n) is 12.3. The average molecular weight is 611 g/mol. The summed E-state index contributed by atoms with van der Waals surface area (Å²) in [6.07, 6.45) is 12.5. The van der Waals surface area contributed by atoms with Gasteiger partial charge in [-0.3, -0.25) is 14.4 Å². The van der Waals surface area contributed by atoms with E-state index in [0.29, 0.717) is 72.9 Å². The van der Waals surface area contributed by atoms with Crippen LogP contribution in [-0.2, 0) is 20.8 Å². The van der Waals surface area contributed by atoms with Crippen LogP contribution < -0.4 is 20.9 Å². The maximum absolute atomic E-state index is 12.6. The van der Waals surface area contributed by atoms with E-state index in [2.05, 4.69) is 26.0 Å². The molecule has 244 valence electrons. The summed E-state index contributed by atoms with van der Waals surface area (Å²) in [5.41, 5.74) is 12.0. The minimum absolute atomic E-state index is 0.0219. The number of aryl methyl sites for hydroxylation is 1. The first-order valence-corrected chi connectivity index (χ1v) is 17.2. The van der Waals surface area contributed by atoms with E-state index in [1.54, 1.807) is 0 Å². The number of hydrogen-bond acceptors (Lipinski definition) is 6. The minimum atomic E-state index is -0.339. The lowest BCUT2D eigenvalue weighted by Crippen LogP contribution is -2.57. The number of carbonyl (C=O) groups excluding carboxylic acids is 3. The van der Waals surface area contributed by atoms with Crippen molar-refractivity contribution < 1.29 is 29.0 Å². The Labute approximate surface area is 263 Å². The van der Waals surface area contributed by atoms with E-state index in [-0.39, 0.29) is 41.6 Å². The van der Waals surface area contributed by atoms with Gasteiger partial charge in [0.1, 0.15) is 17.3 Å². The largest absolute Gasteiger partial charge is 0.493 e. The zero-order chi connectivity index (χ0) is 31.5. The molecule has 8 atom stereocenters. The van der Waals surface area contributed by atoms with Crippen molar-refractivity contribution in [1.29, 1.82) is 0 Å². The number of benzene rings is 1. The van der Waals surface area contributed by atoms with Crippen LogP contribution in [0.2, 0.25) is 0 Å². The molecule has 1 aromatic carbocycles. The first kappa shape index (κ1) is 32.8. The lowest BCUT2D eigenvalue weighted by Gasteiger charge is -2.62. The van der Waals surface area contributed by atoms with Gasteiger partial charge in [0, 0.05) is 31.7 Å². The molecule has 0 heterocycles. The van der Waals surface area contributed by atoms with E-state index in [0.717, 1.165) is 69.8 Å². The van der Waals surface area contributed by atoms with Gasteiger partial charge in [0.2, 0.25) is 11.8 Å². The topological polar surface area (TPSA) is 142 Å². The van der Waals surface area contributed by atoms with Gasteiger partial charge < -0.3 is 26.0 Å². The van der Waals surface area contributed by atoms with E-state index < -0.39 is 0 Å². The van der Waals surface area contributed by atoms with Crippen molar-refractivity contribution in [3.05, 3.63) is 23.8 Å². The van der Waals surface area contributed by atoms with Gasteiger partial charge >= 0.3 is 0 Å². The molecule has 4 aliphatic rings. The van der Waals surface area contributed by atoms with Crippen molar-refractivity contribution in [3.63, 3.8) is 0 Å². The Kier molecular flexibility index (Phi) is 10.3. The van der Waals surface area contributed by atoms with Crippen molar-refractivity contribution in [2.24, 2.45) is 51.9 Å². The number of hydrogen-bond donors (Lipinski definition) is 3. The lowest BCUT2D eigenvalue weighted by atomic mass is 9.42. The van der Waals surface area contributed by atoms with Crippen LogP contribution in [0, 0.1) is 40.4 Å². The Morgan fingerprint density at radius 1 is 0.886 bits per heavy atom. The third-order valence-corrected chi connectivity index (χ3v) is 12.3. The van der Waals surface area contributed by atoms with Crippen molar-refractivity contribution in [2.75, 3.05) is 13.2 Å². The van der Waals surface area contributed by atoms with Gasteiger partial charge in [-0.05, 0) is 129 Å². The molecule has 8 heteroatoms. The number of aliphatic hydroxyl groups excluding tert-OH is 1. The van der Waals surface area contributed by atoms with E-state index in [4.69, 9.17) is 20.9 Å². The Balaban J connectivity index is 1.29. The fourth-order valence-electron chi connectivity index (χ4n) is 9.87. The van der Waals surface area contributed by atoms with Gasteiger partial charge in [-0.25, -0.2) is 0 Å². The van der Waals surface area contributed by atoms with Crippen LogP contribution in [0.25, 0.3) is 0 Å². The van der Waals surface area contributed by atoms with Crippen LogP contribution >= 0.6 is 0 Å². The van der Waals surface area contributed by atoms with Crippen LogP contribution in [-0.4, -0.2) is 42.0 Å². The molecule has 4 saturated carbocycles. The molecule has 44 heavy (non-hydrogen) atoms. The van der Waals surface area contributed by atoms with Crippen LogP contribution in [0.15, 0.2) is 18.2 Å². The summed E-state index contributed by atoms with van der Waals surface area (Å²) in [7, 11) is 0. The second-order valence-electron chi connectivity index (χ2n) is 14.9. The van der Waals surface area contributed by atoms with Gasteiger partial charge in [0.25, 0.3) is 0 Å². The van der Waals surface area contributed by atoms with Gasteiger partial charge in [-0.15, -0.1) is 0 Å². The van der Waals surface area contributed by atoms with Crippen LogP contribution in [0.1, 0.15) is 109 Å². The highest BCUT2D eigenvalue weighted by atomic mass is 16.5. The number of nitrogens with two attached hydrogens (primary N) is 2. The zero-order valence-electron chi connectivity index (χ0n) is 26.9. The fourth-order valence-corrected chi connectivity index (χ4v) is 9.87. The van der Waals surface area contributed by atoms with E-state index in [9.17, 15) is 19.5 Å². The van der Waals surface area contributed by atoms with E-state index in [1.165, 1.54) is 6.42 Å². The normalized spacial score (nSPS) is 34.5. The second kappa shape index (κ2) is 13.8.